The third-order valence-corrected chi connectivity index (χ3v) is 8.21. The van der Waals surface area contributed by atoms with Crippen molar-refractivity contribution in [2.75, 3.05) is 44.3 Å². The van der Waals surface area contributed by atoms with Gasteiger partial charge >= 0.3 is 0 Å². The number of benzene rings is 2. The minimum Gasteiger partial charge on any atom is -0.491 e. The molecule has 10 heteroatoms. The van der Waals surface area contributed by atoms with Gasteiger partial charge in [-0.2, -0.15) is 0 Å². The molecule has 3 heterocycles. The molecule has 1 aromatic heterocycles. The number of rotatable bonds is 11. The molecule has 2 saturated heterocycles. The lowest BCUT2D eigenvalue weighted by Gasteiger charge is -2.44. The maximum atomic E-state index is 11.1. The Morgan fingerprint density at radius 3 is 2.57 bits per heavy atom. The Morgan fingerprint density at radius 2 is 1.88 bits per heavy atom. The summed E-state index contributed by atoms with van der Waals surface area (Å²) in [5, 5.41) is 21.9. The van der Waals surface area contributed by atoms with E-state index in [9.17, 15) is 10.2 Å². The Morgan fingerprint density at radius 1 is 1.05 bits per heavy atom. The predicted octanol–water partition coefficient (Wildman–Crippen LogP) is 5.79. The summed E-state index contributed by atoms with van der Waals surface area (Å²) >= 11 is 13.0. The van der Waals surface area contributed by atoms with Crippen LogP contribution >= 0.6 is 23.2 Å². The molecular weight excluding hydrogens is 577 g/mol. The standard InChI is InChI=1S/C32H39Cl2N3O5/c1-22(38)20-41-27-11-12-29(28(34)16-27)37-14-13-36(18-30(37)23-5-8-25(33)9-6-23)19-31(39)24-7-10-26(35-17-24)21-42-32-4-2-3-15-40-32/h5-12,16-17,22,30-32,38-39H,2-4,13-15,18-21H2,1H3/t22?,30-,31?,32?/m0/s1. The first-order valence-electron chi connectivity index (χ1n) is 14.6. The van der Waals surface area contributed by atoms with E-state index in [0.29, 0.717) is 42.0 Å². The molecule has 5 rings (SSSR count). The molecule has 2 aliphatic heterocycles. The molecule has 226 valence electrons. The van der Waals surface area contributed by atoms with Crippen LogP contribution in [0.4, 0.5) is 5.69 Å². The topological polar surface area (TPSA) is 87.5 Å². The number of ether oxygens (including phenoxy) is 3. The SMILES string of the molecule is CC(O)COc1ccc(N2CCN(CC(O)c3ccc(COC4CCCCO4)nc3)C[C@H]2c2ccc(Cl)cc2)c(Cl)c1. The van der Waals surface area contributed by atoms with Gasteiger partial charge in [-0.25, -0.2) is 0 Å². The van der Waals surface area contributed by atoms with Crippen LogP contribution in [0.5, 0.6) is 5.75 Å². The van der Waals surface area contributed by atoms with E-state index in [1.807, 2.05) is 48.5 Å². The molecule has 3 aromatic rings. The maximum absolute atomic E-state index is 11.1. The first kappa shape index (κ1) is 31.0. The average molecular weight is 617 g/mol. The summed E-state index contributed by atoms with van der Waals surface area (Å²) in [5.41, 5.74) is 3.60. The van der Waals surface area contributed by atoms with Crippen molar-refractivity contribution >= 4 is 28.9 Å². The highest BCUT2D eigenvalue weighted by atomic mass is 35.5. The molecule has 0 bridgehead atoms. The van der Waals surface area contributed by atoms with E-state index >= 15 is 0 Å². The largest absolute Gasteiger partial charge is 0.491 e. The first-order chi connectivity index (χ1) is 20.4. The molecule has 0 radical (unpaired) electrons. The molecule has 0 spiro atoms. The summed E-state index contributed by atoms with van der Waals surface area (Å²) < 4.78 is 17.1. The van der Waals surface area contributed by atoms with Crippen LogP contribution in [0, 0.1) is 0 Å². The number of piperazine rings is 1. The van der Waals surface area contributed by atoms with Crippen molar-refractivity contribution in [2.45, 2.75) is 57.3 Å². The fourth-order valence-corrected chi connectivity index (χ4v) is 5.79. The zero-order chi connectivity index (χ0) is 29.5. The Hall–Kier alpha value is -2.43. The summed E-state index contributed by atoms with van der Waals surface area (Å²) in [6.45, 7) is 5.65. The molecule has 2 N–H and O–H groups in total. The summed E-state index contributed by atoms with van der Waals surface area (Å²) in [4.78, 5) is 9.08. The van der Waals surface area contributed by atoms with Gasteiger partial charge in [0.15, 0.2) is 6.29 Å². The Kier molecular flexibility index (Phi) is 11.0. The van der Waals surface area contributed by atoms with E-state index in [0.717, 1.165) is 54.9 Å². The lowest BCUT2D eigenvalue weighted by atomic mass is 10.0. The van der Waals surface area contributed by atoms with Crippen LogP contribution < -0.4 is 9.64 Å². The molecule has 0 amide bonds. The van der Waals surface area contributed by atoms with Gasteiger partial charge < -0.3 is 29.3 Å². The van der Waals surface area contributed by atoms with Gasteiger partial charge in [-0.15, -0.1) is 0 Å². The van der Waals surface area contributed by atoms with Gasteiger partial charge in [0, 0.05) is 55.6 Å². The molecule has 42 heavy (non-hydrogen) atoms. The molecule has 0 saturated carbocycles. The molecule has 2 aliphatic rings. The Bertz CT molecular complexity index is 1270. The number of aliphatic hydroxyl groups is 2. The van der Waals surface area contributed by atoms with E-state index < -0.39 is 12.2 Å². The highest BCUT2D eigenvalue weighted by Gasteiger charge is 2.31. The van der Waals surface area contributed by atoms with Crippen LogP contribution in [0.2, 0.25) is 10.0 Å². The van der Waals surface area contributed by atoms with Crippen molar-refractivity contribution < 1.29 is 24.4 Å². The van der Waals surface area contributed by atoms with Crippen molar-refractivity contribution in [3.05, 3.63) is 87.7 Å². The molecule has 2 aromatic carbocycles. The highest BCUT2D eigenvalue weighted by Crippen LogP contribution is 2.37. The van der Waals surface area contributed by atoms with Crippen LogP contribution in [0.3, 0.4) is 0 Å². The zero-order valence-corrected chi connectivity index (χ0v) is 25.4. The van der Waals surface area contributed by atoms with Gasteiger partial charge in [0.1, 0.15) is 12.4 Å². The number of hydrogen-bond donors (Lipinski definition) is 2. The van der Waals surface area contributed by atoms with E-state index in [1.54, 1.807) is 19.2 Å². The fourth-order valence-electron chi connectivity index (χ4n) is 5.38. The van der Waals surface area contributed by atoms with Crippen LogP contribution in [0.15, 0.2) is 60.8 Å². The number of β-amino-alcohol motifs (C(OH)–C–C–N with tert-alkyl or cyclic N) is 1. The van der Waals surface area contributed by atoms with Crippen LogP contribution in [-0.4, -0.2) is 71.9 Å². The minimum absolute atomic E-state index is 0.00962. The molecule has 3 unspecified atom stereocenters. The Labute approximate surface area is 257 Å². The summed E-state index contributed by atoms with van der Waals surface area (Å²) in [6.07, 6.45) is 3.45. The lowest BCUT2D eigenvalue weighted by Crippen LogP contribution is -2.49. The Balaban J connectivity index is 1.24. The maximum Gasteiger partial charge on any atom is 0.158 e. The van der Waals surface area contributed by atoms with Gasteiger partial charge in [-0.1, -0.05) is 41.4 Å². The second-order valence-electron chi connectivity index (χ2n) is 11.0. The minimum atomic E-state index is -0.680. The van der Waals surface area contributed by atoms with Crippen LogP contribution in [0.25, 0.3) is 0 Å². The predicted molar refractivity (Wildman–Crippen MR) is 164 cm³/mol. The van der Waals surface area contributed by atoms with Crippen molar-refractivity contribution in [3.8, 4) is 5.75 Å². The first-order valence-corrected chi connectivity index (χ1v) is 15.3. The molecule has 2 fully saturated rings. The van der Waals surface area contributed by atoms with Crippen molar-refractivity contribution in [2.24, 2.45) is 0 Å². The quantitative estimate of drug-likeness (QED) is 0.280. The number of hydrogen-bond acceptors (Lipinski definition) is 8. The average Bonchev–Trinajstić information content (AvgIpc) is 3.00. The van der Waals surface area contributed by atoms with Crippen molar-refractivity contribution in [3.63, 3.8) is 0 Å². The number of aliphatic hydroxyl groups excluding tert-OH is 2. The summed E-state index contributed by atoms with van der Waals surface area (Å²) in [7, 11) is 0. The van der Waals surface area contributed by atoms with Crippen LogP contribution in [-0.2, 0) is 16.1 Å². The molecule has 4 atom stereocenters. The summed E-state index contributed by atoms with van der Waals surface area (Å²) in [5.74, 6) is 0.614. The summed E-state index contributed by atoms with van der Waals surface area (Å²) in [6, 6.07) is 17.3. The van der Waals surface area contributed by atoms with Gasteiger partial charge in [-0.3, -0.25) is 9.88 Å². The third kappa shape index (κ3) is 8.35. The highest BCUT2D eigenvalue weighted by molar-refractivity contribution is 6.33. The number of anilines is 1. The molecular formula is C32H39Cl2N3O5. The lowest BCUT2D eigenvalue weighted by molar-refractivity contribution is -0.169. The van der Waals surface area contributed by atoms with E-state index in [2.05, 4.69) is 14.8 Å². The van der Waals surface area contributed by atoms with Gasteiger partial charge in [-0.05, 0) is 62.1 Å². The second-order valence-corrected chi connectivity index (χ2v) is 11.8. The number of halogens is 2. The monoisotopic (exact) mass is 615 g/mol. The van der Waals surface area contributed by atoms with Crippen molar-refractivity contribution in [1.29, 1.82) is 0 Å². The van der Waals surface area contributed by atoms with Gasteiger partial charge in [0.25, 0.3) is 0 Å². The fraction of sp³-hybridized carbons (Fsp3) is 0.469. The van der Waals surface area contributed by atoms with E-state index in [-0.39, 0.29) is 18.9 Å². The normalized spacial score (nSPS) is 21.2. The van der Waals surface area contributed by atoms with E-state index in [1.165, 1.54) is 0 Å². The van der Waals surface area contributed by atoms with Gasteiger partial charge in [0.2, 0.25) is 0 Å². The molecule has 0 aliphatic carbocycles. The number of pyridine rings is 1. The zero-order valence-electron chi connectivity index (χ0n) is 23.9. The van der Waals surface area contributed by atoms with Crippen LogP contribution in [0.1, 0.15) is 55.2 Å². The van der Waals surface area contributed by atoms with Gasteiger partial charge in [0.05, 0.1) is 41.3 Å². The molecule has 8 nitrogen and oxygen atoms in total. The van der Waals surface area contributed by atoms with E-state index in [4.69, 9.17) is 37.4 Å². The number of aromatic nitrogens is 1. The number of nitrogens with zero attached hydrogens (tertiary/aromatic N) is 3. The third-order valence-electron chi connectivity index (χ3n) is 7.66. The smallest absolute Gasteiger partial charge is 0.158 e. The second kappa shape index (κ2) is 14.8. The van der Waals surface area contributed by atoms with Crippen molar-refractivity contribution in [1.82, 2.24) is 9.88 Å².